The standard InChI is InChI=1S/C32H30O11/c1-20(2)29(34)41-18-39-27-12-8-25(9-13-27)32(37)43-28-14-5-23(17-21(28)3)15-16-38-31(36)24-6-10-26(11-7-24)40-19-42-30(35)22(4)33/h5-14,17H,1,15-16,18-19H2,2-4H3. The number of Topliss-reactive ketones (excluding diaryl/α,β-unsaturated/α-hetero) is 1. The molecule has 3 aromatic rings. The molecule has 0 unspecified atom stereocenters. The monoisotopic (exact) mass is 590 g/mol. The molecule has 0 aliphatic rings. The van der Waals surface area contributed by atoms with Gasteiger partial charge in [0.05, 0.1) is 17.7 Å². The average molecular weight is 591 g/mol. The topological polar surface area (TPSA) is 141 Å². The van der Waals surface area contributed by atoms with Gasteiger partial charge in [-0.25, -0.2) is 19.2 Å². The fourth-order valence-corrected chi connectivity index (χ4v) is 3.39. The van der Waals surface area contributed by atoms with Crippen molar-refractivity contribution in [2.45, 2.75) is 27.2 Å². The number of aryl methyl sites for hydroxylation is 1. The number of esters is 4. The van der Waals surface area contributed by atoms with Crippen molar-refractivity contribution in [3.05, 3.63) is 101 Å². The molecule has 3 aromatic carbocycles. The second-order valence-electron chi connectivity index (χ2n) is 9.15. The number of ether oxygens (including phenoxy) is 6. The maximum atomic E-state index is 12.6. The predicted octanol–water partition coefficient (Wildman–Crippen LogP) is 4.54. The molecule has 0 saturated heterocycles. The van der Waals surface area contributed by atoms with Gasteiger partial charge in [0.25, 0.3) is 0 Å². The zero-order valence-electron chi connectivity index (χ0n) is 23.9. The molecule has 0 amide bonds. The minimum absolute atomic E-state index is 0.122. The third-order valence-corrected chi connectivity index (χ3v) is 5.71. The van der Waals surface area contributed by atoms with Crippen molar-refractivity contribution in [3.63, 3.8) is 0 Å². The molecule has 224 valence electrons. The van der Waals surface area contributed by atoms with Crippen LogP contribution in [0.25, 0.3) is 0 Å². The smallest absolute Gasteiger partial charge is 0.377 e. The molecule has 43 heavy (non-hydrogen) atoms. The fraction of sp³-hybridized carbons (Fsp3) is 0.219. The van der Waals surface area contributed by atoms with E-state index in [1.807, 2.05) is 6.07 Å². The van der Waals surface area contributed by atoms with Crippen LogP contribution in [-0.4, -0.2) is 49.9 Å². The molecule has 0 aromatic heterocycles. The van der Waals surface area contributed by atoms with Gasteiger partial charge in [-0.1, -0.05) is 18.7 Å². The van der Waals surface area contributed by atoms with Crippen LogP contribution in [0.15, 0.2) is 78.9 Å². The van der Waals surface area contributed by atoms with Crippen molar-refractivity contribution < 1.29 is 52.4 Å². The van der Waals surface area contributed by atoms with Crippen LogP contribution in [0, 0.1) is 6.92 Å². The third kappa shape index (κ3) is 10.2. The van der Waals surface area contributed by atoms with E-state index in [1.165, 1.54) is 43.3 Å². The largest absolute Gasteiger partial charge is 0.462 e. The molecule has 0 aliphatic carbocycles. The first-order chi connectivity index (χ1) is 20.5. The van der Waals surface area contributed by atoms with E-state index in [4.69, 9.17) is 23.7 Å². The second-order valence-corrected chi connectivity index (χ2v) is 9.15. The summed E-state index contributed by atoms with van der Waals surface area (Å²) in [6, 6.07) is 17.5. The summed E-state index contributed by atoms with van der Waals surface area (Å²) in [6.07, 6.45) is 0.437. The van der Waals surface area contributed by atoms with E-state index < -0.39 is 36.5 Å². The molecular weight excluding hydrogens is 560 g/mol. The molecule has 11 heteroatoms. The summed E-state index contributed by atoms with van der Waals surface area (Å²) in [7, 11) is 0. The van der Waals surface area contributed by atoms with Gasteiger partial charge in [-0.2, -0.15) is 0 Å². The molecule has 0 spiro atoms. The average Bonchev–Trinajstić information content (AvgIpc) is 2.98. The first-order valence-electron chi connectivity index (χ1n) is 13.0. The SMILES string of the molecule is C=C(C)C(=O)OCOc1ccc(C(=O)Oc2ccc(CCOC(=O)c3ccc(OCOC(=O)C(C)=O)cc3)cc2C)cc1. The Morgan fingerprint density at radius 3 is 1.72 bits per heavy atom. The van der Waals surface area contributed by atoms with Crippen LogP contribution in [0.3, 0.4) is 0 Å². The molecule has 3 rings (SSSR count). The number of hydrogen-bond acceptors (Lipinski definition) is 11. The molecular formula is C32H30O11. The molecule has 0 bridgehead atoms. The van der Waals surface area contributed by atoms with Crippen molar-refractivity contribution in [1.29, 1.82) is 0 Å². The highest BCUT2D eigenvalue weighted by atomic mass is 16.7. The van der Waals surface area contributed by atoms with Crippen molar-refractivity contribution in [1.82, 2.24) is 0 Å². The van der Waals surface area contributed by atoms with Gasteiger partial charge in [-0.15, -0.1) is 0 Å². The lowest BCUT2D eigenvalue weighted by Crippen LogP contribution is -2.17. The fourth-order valence-electron chi connectivity index (χ4n) is 3.39. The van der Waals surface area contributed by atoms with E-state index >= 15 is 0 Å². The number of carbonyl (C=O) groups is 5. The summed E-state index contributed by atoms with van der Waals surface area (Å²) in [6.45, 7) is 7.31. The van der Waals surface area contributed by atoms with Crippen molar-refractivity contribution in [2.75, 3.05) is 20.2 Å². The Bertz CT molecular complexity index is 1490. The third-order valence-electron chi connectivity index (χ3n) is 5.71. The summed E-state index contributed by atoms with van der Waals surface area (Å²) in [5.41, 5.74) is 2.47. The number of carbonyl (C=O) groups excluding carboxylic acids is 5. The van der Waals surface area contributed by atoms with Gasteiger partial charge in [0, 0.05) is 18.9 Å². The van der Waals surface area contributed by atoms with Crippen molar-refractivity contribution >= 4 is 29.7 Å². The maximum Gasteiger partial charge on any atom is 0.377 e. The van der Waals surface area contributed by atoms with Crippen molar-refractivity contribution in [2.24, 2.45) is 0 Å². The van der Waals surface area contributed by atoms with Crippen LogP contribution in [0.2, 0.25) is 0 Å². The van der Waals surface area contributed by atoms with Gasteiger partial charge in [-0.3, -0.25) is 4.79 Å². The van der Waals surface area contributed by atoms with E-state index in [0.717, 1.165) is 18.1 Å². The van der Waals surface area contributed by atoms with Crippen LogP contribution in [-0.2, 0) is 35.0 Å². The van der Waals surface area contributed by atoms with Gasteiger partial charge in [0.15, 0.2) is 0 Å². The van der Waals surface area contributed by atoms with Gasteiger partial charge in [-0.05, 0) is 79.6 Å². The zero-order valence-corrected chi connectivity index (χ0v) is 23.9. The Kier molecular flexibility index (Phi) is 11.6. The Morgan fingerprint density at radius 1 is 0.674 bits per heavy atom. The molecule has 0 N–H and O–H groups in total. The summed E-state index contributed by atoms with van der Waals surface area (Å²) >= 11 is 0. The van der Waals surface area contributed by atoms with Gasteiger partial charge < -0.3 is 28.4 Å². The maximum absolute atomic E-state index is 12.6. The second kappa shape index (κ2) is 15.5. The van der Waals surface area contributed by atoms with Crippen LogP contribution in [0.4, 0.5) is 0 Å². The number of benzene rings is 3. The zero-order chi connectivity index (χ0) is 31.4. The van der Waals surface area contributed by atoms with E-state index in [1.54, 1.807) is 31.2 Å². The molecule has 0 saturated carbocycles. The molecule has 0 heterocycles. The van der Waals surface area contributed by atoms with Gasteiger partial charge in [0.2, 0.25) is 19.4 Å². The Balaban J connectivity index is 1.43. The lowest BCUT2D eigenvalue weighted by atomic mass is 10.1. The molecule has 0 aliphatic heterocycles. The summed E-state index contributed by atoms with van der Waals surface area (Å²) in [4.78, 5) is 58.3. The first kappa shape index (κ1) is 32.1. The number of ketones is 1. The van der Waals surface area contributed by atoms with Gasteiger partial charge in [0.1, 0.15) is 17.2 Å². The first-order valence-corrected chi connectivity index (χ1v) is 13.0. The van der Waals surface area contributed by atoms with E-state index in [0.29, 0.717) is 34.8 Å². The van der Waals surface area contributed by atoms with Crippen LogP contribution >= 0.6 is 0 Å². The highest BCUT2D eigenvalue weighted by Crippen LogP contribution is 2.22. The Labute approximate surface area is 247 Å². The molecule has 0 fully saturated rings. The highest BCUT2D eigenvalue weighted by Gasteiger charge is 2.13. The number of hydrogen-bond donors (Lipinski definition) is 0. The normalized spacial score (nSPS) is 10.2. The predicted molar refractivity (Wildman–Crippen MR) is 152 cm³/mol. The lowest BCUT2D eigenvalue weighted by molar-refractivity contribution is -0.157. The summed E-state index contributed by atoms with van der Waals surface area (Å²) in [5.74, 6) is -2.24. The van der Waals surface area contributed by atoms with E-state index in [-0.39, 0.29) is 19.0 Å². The highest BCUT2D eigenvalue weighted by molar-refractivity contribution is 6.32. The minimum atomic E-state index is -0.998. The summed E-state index contributed by atoms with van der Waals surface area (Å²) < 4.78 is 30.9. The molecule has 11 nitrogen and oxygen atoms in total. The van der Waals surface area contributed by atoms with Crippen LogP contribution < -0.4 is 14.2 Å². The van der Waals surface area contributed by atoms with Crippen LogP contribution in [0.1, 0.15) is 45.7 Å². The van der Waals surface area contributed by atoms with E-state index in [9.17, 15) is 24.0 Å². The number of rotatable bonds is 14. The van der Waals surface area contributed by atoms with Crippen LogP contribution in [0.5, 0.6) is 17.2 Å². The van der Waals surface area contributed by atoms with Gasteiger partial charge >= 0.3 is 23.9 Å². The Morgan fingerprint density at radius 2 is 1.21 bits per heavy atom. The molecule has 0 radical (unpaired) electrons. The lowest BCUT2D eigenvalue weighted by Gasteiger charge is -2.11. The van der Waals surface area contributed by atoms with E-state index in [2.05, 4.69) is 11.3 Å². The quantitative estimate of drug-likeness (QED) is 0.0653. The molecule has 0 atom stereocenters. The summed E-state index contributed by atoms with van der Waals surface area (Å²) in [5, 5.41) is 0. The minimum Gasteiger partial charge on any atom is -0.462 e. The van der Waals surface area contributed by atoms with Crippen molar-refractivity contribution in [3.8, 4) is 17.2 Å². The Hall–Kier alpha value is -5.45.